The number of hydrogen-bond donors (Lipinski definition) is 1. The maximum Gasteiger partial charge on any atom is 0.295 e. The van der Waals surface area contributed by atoms with Gasteiger partial charge in [0.1, 0.15) is 11.5 Å². The van der Waals surface area contributed by atoms with E-state index >= 15 is 0 Å². The quantitative estimate of drug-likeness (QED) is 0.395. The fourth-order valence-electron chi connectivity index (χ4n) is 3.92. The van der Waals surface area contributed by atoms with Crippen molar-refractivity contribution in [1.82, 2.24) is 4.90 Å². The predicted molar refractivity (Wildman–Crippen MR) is 122 cm³/mol. The standard InChI is InChI=1S/C26H31NO4/c1-6-15-27-22(17-11-13-19(14-12-17)26(3,4)5)21(24(29)25(27)30)23(28)18-9-8-10-20(16-18)31-7-2/h8-14,16,22,28H,6-7,15H2,1-5H3/b23-21-. The van der Waals surface area contributed by atoms with Crippen LogP contribution in [-0.2, 0) is 15.0 Å². The number of carbonyl (C=O) groups excluding carboxylic acids is 2. The maximum atomic E-state index is 13.0. The zero-order valence-electron chi connectivity index (χ0n) is 18.9. The lowest BCUT2D eigenvalue weighted by atomic mass is 9.85. The molecule has 0 aliphatic carbocycles. The van der Waals surface area contributed by atoms with Crippen molar-refractivity contribution in [2.24, 2.45) is 0 Å². The molecule has 2 aromatic rings. The third kappa shape index (κ3) is 4.50. The number of hydrogen-bond acceptors (Lipinski definition) is 4. The van der Waals surface area contributed by atoms with Crippen LogP contribution in [0.2, 0.25) is 0 Å². The molecule has 164 valence electrons. The van der Waals surface area contributed by atoms with Crippen molar-refractivity contribution in [1.29, 1.82) is 0 Å². The summed E-state index contributed by atoms with van der Waals surface area (Å²) in [5, 5.41) is 11.1. The van der Waals surface area contributed by atoms with Crippen molar-refractivity contribution in [3.05, 3.63) is 70.8 Å². The molecule has 1 unspecified atom stereocenters. The van der Waals surface area contributed by atoms with Crippen molar-refractivity contribution in [3.63, 3.8) is 0 Å². The number of aliphatic hydroxyl groups excluding tert-OH is 1. The summed E-state index contributed by atoms with van der Waals surface area (Å²) in [7, 11) is 0. The molecule has 1 aliphatic rings. The maximum absolute atomic E-state index is 13.0. The third-order valence-electron chi connectivity index (χ3n) is 5.52. The van der Waals surface area contributed by atoms with E-state index in [1.165, 1.54) is 0 Å². The van der Waals surface area contributed by atoms with Crippen LogP contribution in [0.1, 0.15) is 63.8 Å². The summed E-state index contributed by atoms with van der Waals surface area (Å²) in [5.74, 6) is -0.809. The van der Waals surface area contributed by atoms with Crippen molar-refractivity contribution in [2.75, 3.05) is 13.2 Å². The summed E-state index contributed by atoms with van der Waals surface area (Å²) in [4.78, 5) is 27.4. The fourth-order valence-corrected chi connectivity index (χ4v) is 3.92. The average Bonchev–Trinajstić information content (AvgIpc) is 2.98. The Bertz CT molecular complexity index is 999. The molecule has 0 radical (unpaired) electrons. The van der Waals surface area contributed by atoms with Gasteiger partial charge in [0.05, 0.1) is 18.2 Å². The van der Waals surface area contributed by atoms with Gasteiger partial charge in [-0.05, 0) is 42.0 Å². The van der Waals surface area contributed by atoms with Crippen LogP contribution in [0.25, 0.3) is 5.76 Å². The number of rotatable bonds is 6. The van der Waals surface area contributed by atoms with Crippen LogP contribution < -0.4 is 4.74 Å². The SMILES string of the molecule is CCCN1C(=O)C(=O)/C(=C(\O)c2cccc(OCC)c2)C1c1ccc(C(C)(C)C)cc1. The molecule has 5 heteroatoms. The summed E-state index contributed by atoms with van der Waals surface area (Å²) in [6.45, 7) is 11.2. The van der Waals surface area contributed by atoms with Crippen LogP contribution in [0.4, 0.5) is 0 Å². The summed E-state index contributed by atoms with van der Waals surface area (Å²) in [5.41, 5.74) is 2.53. The first-order chi connectivity index (χ1) is 14.7. The first-order valence-corrected chi connectivity index (χ1v) is 10.8. The van der Waals surface area contributed by atoms with Crippen LogP contribution in [0, 0.1) is 0 Å². The number of benzene rings is 2. The summed E-state index contributed by atoms with van der Waals surface area (Å²) >= 11 is 0. The third-order valence-corrected chi connectivity index (χ3v) is 5.52. The Balaban J connectivity index is 2.14. The molecule has 2 aromatic carbocycles. The molecule has 0 aromatic heterocycles. The van der Waals surface area contributed by atoms with Gasteiger partial charge in [-0.3, -0.25) is 9.59 Å². The highest BCUT2D eigenvalue weighted by Gasteiger charge is 2.45. The molecular formula is C26H31NO4. The van der Waals surface area contributed by atoms with Crippen LogP contribution >= 0.6 is 0 Å². The van der Waals surface area contributed by atoms with Crippen LogP contribution in [0.5, 0.6) is 5.75 Å². The molecule has 31 heavy (non-hydrogen) atoms. The minimum atomic E-state index is -0.655. The van der Waals surface area contributed by atoms with E-state index in [0.29, 0.717) is 30.9 Å². The Morgan fingerprint density at radius 3 is 2.32 bits per heavy atom. The highest BCUT2D eigenvalue weighted by molar-refractivity contribution is 6.46. The highest BCUT2D eigenvalue weighted by atomic mass is 16.5. The Morgan fingerprint density at radius 1 is 1.06 bits per heavy atom. The number of carbonyl (C=O) groups is 2. The second-order valence-corrected chi connectivity index (χ2v) is 8.83. The Kier molecular flexibility index (Phi) is 6.54. The van der Waals surface area contributed by atoms with Crippen molar-refractivity contribution in [2.45, 2.75) is 52.5 Å². The molecule has 1 fully saturated rings. The van der Waals surface area contributed by atoms with Crippen molar-refractivity contribution >= 4 is 17.4 Å². The number of aliphatic hydroxyl groups is 1. The Morgan fingerprint density at radius 2 is 1.74 bits per heavy atom. The smallest absolute Gasteiger partial charge is 0.295 e. The topological polar surface area (TPSA) is 66.8 Å². The highest BCUT2D eigenvalue weighted by Crippen LogP contribution is 2.40. The molecule has 1 N–H and O–H groups in total. The molecule has 1 saturated heterocycles. The number of Topliss-reactive ketones (excluding diaryl/α,β-unsaturated/α-hetero) is 1. The van der Waals surface area contributed by atoms with E-state index in [9.17, 15) is 14.7 Å². The molecular weight excluding hydrogens is 390 g/mol. The van der Waals surface area contributed by atoms with Crippen LogP contribution in [0.3, 0.4) is 0 Å². The van der Waals surface area contributed by atoms with E-state index < -0.39 is 17.7 Å². The molecule has 1 amide bonds. The lowest BCUT2D eigenvalue weighted by molar-refractivity contribution is -0.139. The zero-order chi connectivity index (χ0) is 22.8. The second kappa shape index (κ2) is 8.96. The Labute approximate surface area is 184 Å². The van der Waals surface area contributed by atoms with E-state index in [0.717, 1.165) is 11.1 Å². The van der Waals surface area contributed by atoms with Gasteiger partial charge in [-0.15, -0.1) is 0 Å². The van der Waals surface area contributed by atoms with Gasteiger partial charge in [0.25, 0.3) is 11.7 Å². The lowest BCUT2D eigenvalue weighted by Gasteiger charge is -2.26. The van der Waals surface area contributed by atoms with Gasteiger partial charge in [-0.1, -0.05) is 64.1 Å². The normalized spacial score (nSPS) is 18.5. The molecule has 1 heterocycles. The van der Waals surface area contributed by atoms with Gasteiger partial charge in [0.2, 0.25) is 0 Å². The molecule has 3 rings (SSSR count). The minimum absolute atomic E-state index is 0.0104. The molecule has 1 atom stereocenters. The number of nitrogens with zero attached hydrogens (tertiary/aromatic N) is 1. The van der Waals surface area contributed by atoms with Gasteiger partial charge in [0.15, 0.2) is 0 Å². The Hall–Kier alpha value is -3.08. The van der Waals surface area contributed by atoms with Crippen molar-refractivity contribution < 1.29 is 19.4 Å². The number of likely N-dealkylation sites (tertiary alicyclic amines) is 1. The molecule has 5 nitrogen and oxygen atoms in total. The van der Waals surface area contributed by atoms with Crippen molar-refractivity contribution in [3.8, 4) is 5.75 Å². The fraction of sp³-hybridized carbons (Fsp3) is 0.385. The predicted octanol–water partition coefficient (Wildman–Crippen LogP) is 5.21. The van der Waals surface area contributed by atoms with Gasteiger partial charge in [0, 0.05) is 12.1 Å². The lowest BCUT2D eigenvalue weighted by Crippen LogP contribution is -2.30. The molecule has 0 saturated carbocycles. The molecule has 0 bridgehead atoms. The average molecular weight is 422 g/mol. The number of amides is 1. The first-order valence-electron chi connectivity index (χ1n) is 10.8. The van der Waals surface area contributed by atoms with Gasteiger partial charge < -0.3 is 14.7 Å². The minimum Gasteiger partial charge on any atom is -0.507 e. The van der Waals surface area contributed by atoms with Gasteiger partial charge in [-0.2, -0.15) is 0 Å². The second-order valence-electron chi connectivity index (χ2n) is 8.83. The monoisotopic (exact) mass is 421 g/mol. The van der Waals surface area contributed by atoms with E-state index in [4.69, 9.17) is 4.74 Å². The first kappa shape index (κ1) is 22.6. The summed E-state index contributed by atoms with van der Waals surface area (Å²) < 4.78 is 5.53. The van der Waals surface area contributed by atoms with E-state index in [1.807, 2.05) is 38.1 Å². The largest absolute Gasteiger partial charge is 0.507 e. The van der Waals surface area contributed by atoms with Gasteiger partial charge >= 0.3 is 0 Å². The zero-order valence-corrected chi connectivity index (χ0v) is 18.9. The molecule has 0 spiro atoms. The summed E-state index contributed by atoms with van der Waals surface area (Å²) in [6, 6.07) is 14.3. The van der Waals surface area contributed by atoms with E-state index in [1.54, 1.807) is 29.2 Å². The van der Waals surface area contributed by atoms with E-state index in [-0.39, 0.29) is 16.7 Å². The molecule has 1 aliphatic heterocycles. The van der Waals surface area contributed by atoms with E-state index in [2.05, 4.69) is 20.8 Å². The van der Waals surface area contributed by atoms with Gasteiger partial charge in [-0.25, -0.2) is 0 Å². The van der Waals surface area contributed by atoms with Crippen LogP contribution in [0.15, 0.2) is 54.1 Å². The number of ether oxygens (including phenoxy) is 1. The number of ketones is 1. The summed E-state index contributed by atoms with van der Waals surface area (Å²) in [6.07, 6.45) is 0.712. The van der Waals surface area contributed by atoms with Crippen LogP contribution in [-0.4, -0.2) is 34.8 Å².